The molecule has 2 saturated heterocycles. The van der Waals surface area contributed by atoms with Crippen molar-refractivity contribution in [1.29, 1.82) is 0 Å². The highest BCUT2D eigenvalue weighted by Gasteiger charge is 2.11. The Bertz CT molecular complexity index is 176. The molecule has 0 aromatic carbocycles. The summed E-state index contributed by atoms with van der Waals surface area (Å²) in [6, 6.07) is 0. The van der Waals surface area contributed by atoms with Gasteiger partial charge in [0.25, 0.3) is 0 Å². The van der Waals surface area contributed by atoms with Crippen LogP contribution in [0.2, 0.25) is 0 Å². The third-order valence-corrected chi connectivity index (χ3v) is 3.01. The average Bonchev–Trinajstić information content (AvgIpc) is 2.32. The van der Waals surface area contributed by atoms with E-state index in [4.69, 9.17) is 5.11 Å². The fraction of sp³-hybridized carbons (Fsp3) is 0.917. The second-order valence-corrected chi connectivity index (χ2v) is 4.54. The summed E-state index contributed by atoms with van der Waals surface area (Å²) in [5.74, 6) is -0.707. The van der Waals surface area contributed by atoms with E-state index in [0.29, 0.717) is 0 Å². The number of likely N-dealkylation sites (tertiary alicyclic amines) is 1. The highest BCUT2D eigenvalue weighted by Crippen LogP contribution is 2.07. The molecule has 2 rings (SSSR count). The molecule has 0 spiro atoms. The monoisotopic (exact) mass is 228 g/mol. The van der Waals surface area contributed by atoms with E-state index in [2.05, 4.69) is 5.32 Å². The van der Waals surface area contributed by atoms with Crippen LogP contribution in [0, 0.1) is 0 Å². The zero-order valence-electron chi connectivity index (χ0n) is 10.1. The van der Waals surface area contributed by atoms with Crippen LogP contribution in [0.3, 0.4) is 0 Å². The van der Waals surface area contributed by atoms with Gasteiger partial charge >= 0.3 is 5.97 Å². The van der Waals surface area contributed by atoms with E-state index in [1.807, 2.05) is 4.90 Å². The van der Waals surface area contributed by atoms with E-state index >= 15 is 0 Å². The molecule has 0 amide bonds. The molecule has 0 saturated carbocycles. The van der Waals surface area contributed by atoms with Gasteiger partial charge in [-0.3, -0.25) is 9.69 Å². The molecule has 2 aliphatic rings. The first-order chi connectivity index (χ1) is 7.79. The summed E-state index contributed by atoms with van der Waals surface area (Å²) in [6.45, 7) is 4.65. The third-order valence-electron chi connectivity index (χ3n) is 3.01. The van der Waals surface area contributed by atoms with E-state index in [-0.39, 0.29) is 6.54 Å². The van der Waals surface area contributed by atoms with Crippen molar-refractivity contribution in [1.82, 2.24) is 10.2 Å². The number of nitrogens with one attached hydrogen (secondary N) is 1. The molecule has 4 nitrogen and oxygen atoms in total. The van der Waals surface area contributed by atoms with Gasteiger partial charge < -0.3 is 10.4 Å². The first kappa shape index (κ1) is 13.5. The summed E-state index contributed by atoms with van der Waals surface area (Å²) in [7, 11) is 0. The lowest BCUT2D eigenvalue weighted by atomic mass is 10.1. The maximum absolute atomic E-state index is 10.2. The topological polar surface area (TPSA) is 52.6 Å². The number of hydrogen-bond donors (Lipinski definition) is 2. The normalized spacial score (nSPS) is 22.0. The molecule has 0 radical (unpaired) electrons. The van der Waals surface area contributed by atoms with Crippen LogP contribution in [0.15, 0.2) is 0 Å². The molecule has 4 heteroatoms. The average molecular weight is 228 g/mol. The van der Waals surface area contributed by atoms with Gasteiger partial charge in [-0.25, -0.2) is 0 Å². The van der Waals surface area contributed by atoms with Gasteiger partial charge in [-0.2, -0.15) is 0 Å². The van der Waals surface area contributed by atoms with Gasteiger partial charge in [0.2, 0.25) is 0 Å². The summed E-state index contributed by atoms with van der Waals surface area (Å²) in [5, 5.41) is 11.7. The lowest BCUT2D eigenvalue weighted by molar-refractivity contribution is -0.138. The molecule has 94 valence electrons. The summed E-state index contributed by atoms with van der Waals surface area (Å²) < 4.78 is 0. The summed E-state index contributed by atoms with van der Waals surface area (Å²) in [6.07, 6.45) is 7.80. The second kappa shape index (κ2) is 8.53. The first-order valence-electron chi connectivity index (χ1n) is 6.44. The summed E-state index contributed by atoms with van der Waals surface area (Å²) >= 11 is 0. The first-order valence-corrected chi connectivity index (χ1v) is 6.44. The van der Waals surface area contributed by atoms with Crippen molar-refractivity contribution >= 4 is 5.97 Å². The van der Waals surface area contributed by atoms with E-state index in [9.17, 15) is 4.79 Å². The van der Waals surface area contributed by atoms with E-state index in [1.54, 1.807) is 0 Å². The van der Waals surface area contributed by atoms with Gasteiger partial charge in [-0.1, -0.05) is 12.8 Å². The van der Waals surface area contributed by atoms with Crippen LogP contribution in [0.25, 0.3) is 0 Å². The Morgan fingerprint density at radius 3 is 1.94 bits per heavy atom. The van der Waals surface area contributed by atoms with Crippen molar-refractivity contribution in [3.05, 3.63) is 0 Å². The van der Waals surface area contributed by atoms with Gasteiger partial charge in [0.1, 0.15) is 0 Å². The molecular weight excluding hydrogens is 204 g/mol. The molecule has 0 bridgehead atoms. The molecule has 16 heavy (non-hydrogen) atoms. The fourth-order valence-corrected chi connectivity index (χ4v) is 2.11. The molecule has 0 aliphatic carbocycles. The number of hydrogen-bond acceptors (Lipinski definition) is 3. The maximum Gasteiger partial charge on any atom is 0.317 e. The number of carboxylic acid groups (broad SMARTS) is 1. The number of rotatable bonds is 2. The van der Waals surface area contributed by atoms with Gasteiger partial charge in [0.15, 0.2) is 0 Å². The maximum atomic E-state index is 10.2. The quantitative estimate of drug-likeness (QED) is 0.748. The summed E-state index contributed by atoms with van der Waals surface area (Å²) in [5.41, 5.74) is 0. The predicted octanol–water partition coefficient (Wildman–Crippen LogP) is 1.32. The summed E-state index contributed by atoms with van der Waals surface area (Å²) in [4.78, 5) is 12.2. The Morgan fingerprint density at radius 2 is 1.56 bits per heavy atom. The van der Waals surface area contributed by atoms with Crippen LogP contribution < -0.4 is 5.32 Å². The highest BCUT2D eigenvalue weighted by molar-refractivity contribution is 5.69. The predicted molar refractivity (Wildman–Crippen MR) is 64.6 cm³/mol. The Labute approximate surface area is 98.0 Å². The lowest BCUT2D eigenvalue weighted by Crippen LogP contribution is -2.34. The zero-order chi connectivity index (χ0) is 11.6. The van der Waals surface area contributed by atoms with Crippen LogP contribution in [-0.4, -0.2) is 48.7 Å². The Balaban J connectivity index is 0.000000181. The molecule has 2 N–H and O–H groups in total. The van der Waals surface area contributed by atoms with E-state index in [0.717, 1.165) is 25.9 Å². The zero-order valence-corrected chi connectivity index (χ0v) is 10.1. The van der Waals surface area contributed by atoms with Crippen molar-refractivity contribution < 1.29 is 9.90 Å². The number of carbonyl (C=O) groups is 1. The molecule has 0 atom stereocenters. The van der Waals surface area contributed by atoms with Crippen molar-refractivity contribution in [3.8, 4) is 0 Å². The third kappa shape index (κ3) is 6.80. The Hall–Kier alpha value is -0.610. The van der Waals surface area contributed by atoms with Gasteiger partial charge in [-0.15, -0.1) is 0 Å². The van der Waals surface area contributed by atoms with Crippen LogP contribution in [0.5, 0.6) is 0 Å². The van der Waals surface area contributed by atoms with Crippen molar-refractivity contribution in [2.45, 2.75) is 38.5 Å². The Kier molecular flexibility index (Phi) is 7.17. The number of aliphatic carboxylic acids is 1. The fourth-order valence-electron chi connectivity index (χ4n) is 2.11. The minimum Gasteiger partial charge on any atom is -0.480 e. The minimum absolute atomic E-state index is 0.222. The second-order valence-electron chi connectivity index (χ2n) is 4.54. The smallest absolute Gasteiger partial charge is 0.317 e. The van der Waals surface area contributed by atoms with Crippen molar-refractivity contribution in [2.24, 2.45) is 0 Å². The molecule has 0 unspecified atom stereocenters. The number of carboxylic acids is 1. The Morgan fingerprint density at radius 1 is 1.00 bits per heavy atom. The molecule has 0 aromatic rings. The van der Waals surface area contributed by atoms with Gasteiger partial charge in [0.05, 0.1) is 6.54 Å². The number of nitrogens with zero attached hydrogens (tertiary/aromatic N) is 1. The highest BCUT2D eigenvalue weighted by atomic mass is 16.4. The molecule has 0 aromatic heterocycles. The van der Waals surface area contributed by atoms with E-state index in [1.165, 1.54) is 38.8 Å². The van der Waals surface area contributed by atoms with Gasteiger partial charge in [-0.05, 0) is 51.9 Å². The van der Waals surface area contributed by atoms with Crippen molar-refractivity contribution in [2.75, 3.05) is 32.7 Å². The largest absolute Gasteiger partial charge is 0.480 e. The van der Waals surface area contributed by atoms with Crippen LogP contribution in [-0.2, 0) is 4.79 Å². The lowest BCUT2D eigenvalue weighted by Gasteiger charge is -2.24. The van der Waals surface area contributed by atoms with Crippen LogP contribution in [0.4, 0.5) is 0 Å². The molecule has 2 heterocycles. The number of piperidine rings is 2. The minimum atomic E-state index is -0.707. The van der Waals surface area contributed by atoms with Crippen molar-refractivity contribution in [3.63, 3.8) is 0 Å². The van der Waals surface area contributed by atoms with E-state index < -0.39 is 5.97 Å². The molecule has 2 aliphatic heterocycles. The molecular formula is C12H24N2O2. The standard InChI is InChI=1S/C7H13NO2.C5H11N/c9-7(10)6-8-4-2-1-3-5-8;1-2-4-6-5-3-1/h1-6H2,(H,9,10);6H,1-5H2. The van der Waals surface area contributed by atoms with Gasteiger partial charge in [0, 0.05) is 0 Å². The van der Waals surface area contributed by atoms with Crippen LogP contribution in [0.1, 0.15) is 38.5 Å². The van der Waals surface area contributed by atoms with Crippen LogP contribution >= 0.6 is 0 Å². The molecule has 2 fully saturated rings. The SMILES string of the molecule is C1CCNCC1.O=C(O)CN1CCCCC1.